The zero-order chi connectivity index (χ0) is 13.8. The number of hydrogen-bond acceptors (Lipinski definition) is 3. The average Bonchev–Trinajstić information content (AvgIpc) is 2.69. The first kappa shape index (κ1) is 14.1. The minimum absolute atomic E-state index is 0.0201. The van der Waals surface area contributed by atoms with Gasteiger partial charge in [0, 0.05) is 12.0 Å². The maximum Gasteiger partial charge on any atom is 0.220 e. The Bertz CT molecular complexity index is 433. The van der Waals surface area contributed by atoms with Crippen LogP contribution in [0.3, 0.4) is 0 Å². The largest absolute Gasteiger partial charge is 0.466 e. The molecule has 0 aliphatic carbocycles. The van der Waals surface area contributed by atoms with Crippen molar-refractivity contribution in [2.45, 2.75) is 46.1 Å². The van der Waals surface area contributed by atoms with E-state index in [4.69, 9.17) is 4.42 Å². The summed E-state index contributed by atoms with van der Waals surface area (Å²) >= 11 is 0. The molecule has 1 atom stereocenters. The summed E-state index contributed by atoms with van der Waals surface area (Å²) < 4.78 is 5.51. The predicted octanol–water partition coefficient (Wildman–Crippen LogP) is 2.46. The van der Waals surface area contributed by atoms with Crippen molar-refractivity contribution in [3.63, 3.8) is 0 Å². The van der Waals surface area contributed by atoms with Gasteiger partial charge in [-0.15, -0.1) is 0 Å². The van der Waals surface area contributed by atoms with Gasteiger partial charge in [-0.25, -0.2) is 0 Å². The lowest BCUT2D eigenvalue weighted by Crippen LogP contribution is -2.33. The quantitative estimate of drug-likeness (QED) is 0.878. The molecule has 0 spiro atoms. The molecule has 2 heterocycles. The Balaban J connectivity index is 1.86. The maximum atomic E-state index is 12.1. The monoisotopic (exact) mass is 264 g/mol. The summed E-state index contributed by atoms with van der Waals surface area (Å²) in [6, 6.07) is 2.02. The standard InChI is InChI=1S/C15H24N2O2/c1-10-8-14(12(3)19-10)11(2)17-15(18)9-13-4-6-16-7-5-13/h8,11,13,16H,4-7,9H2,1-3H3,(H,17,18). The number of piperidine rings is 1. The molecule has 4 nitrogen and oxygen atoms in total. The van der Waals surface area contributed by atoms with Crippen molar-refractivity contribution in [1.29, 1.82) is 0 Å². The summed E-state index contributed by atoms with van der Waals surface area (Å²) in [5, 5.41) is 6.40. The molecule has 2 rings (SSSR count). The number of carbonyl (C=O) groups is 1. The molecule has 106 valence electrons. The fourth-order valence-electron chi connectivity index (χ4n) is 2.81. The number of carbonyl (C=O) groups excluding carboxylic acids is 1. The second kappa shape index (κ2) is 6.24. The Morgan fingerprint density at radius 2 is 2.16 bits per heavy atom. The normalized spacial score (nSPS) is 18.3. The van der Waals surface area contributed by atoms with Gasteiger partial charge in [0.25, 0.3) is 0 Å². The second-order valence-electron chi connectivity index (χ2n) is 5.56. The number of amides is 1. The van der Waals surface area contributed by atoms with Crippen LogP contribution in [0.1, 0.15) is 49.3 Å². The summed E-state index contributed by atoms with van der Waals surface area (Å²) in [5.41, 5.74) is 1.08. The van der Waals surface area contributed by atoms with Crippen molar-refractivity contribution in [3.05, 3.63) is 23.2 Å². The van der Waals surface area contributed by atoms with Crippen molar-refractivity contribution in [2.75, 3.05) is 13.1 Å². The first-order valence-corrected chi connectivity index (χ1v) is 7.13. The van der Waals surface area contributed by atoms with Crippen LogP contribution in [-0.2, 0) is 4.79 Å². The van der Waals surface area contributed by atoms with E-state index < -0.39 is 0 Å². The van der Waals surface area contributed by atoms with E-state index in [1.807, 2.05) is 26.8 Å². The van der Waals surface area contributed by atoms with Crippen LogP contribution in [0.15, 0.2) is 10.5 Å². The molecule has 4 heteroatoms. The maximum absolute atomic E-state index is 12.1. The highest BCUT2D eigenvalue weighted by Crippen LogP contribution is 2.22. The molecule has 1 aromatic heterocycles. The van der Waals surface area contributed by atoms with E-state index in [1.54, 1.807) is 0 Å². The lowest BCUT2D eigenvalue weighted by molar-refractivity contribution is -0.122. The third kappa shape index (κ3) is 3.83. The average molecular weight is 264 g/mol. The highest BCUT2D eigenvalue weighted by atomic mass is 16.3. The highest BCUT2D eigenvalue weighted by Gasteiger charge is 2.19. The Labute approximate surface area is 114 Å². The molecule has 2 N–H and O–H groups in total. The third-order valence-electron chi connectivity index (χ3n) is 3.86. The number of aryl methyl sites for hydroxylation is 2. The van der Waals surface area contributed by atoms with Crippen molar-refractivity contribution in [1.82, 2.24) is 10.6 Å². The minimum Gasteiger partial charge on any atom is -0.466 e. The van der Waals surface area contributed by atoms with E-state index >= 15 is 0 Å². The van der Waals surface area contributed by atoms with E-state index in [-0.39, 0.29) is 11.9 Å². The fraction of sp³-hybridized carbons (Fsp3) is 0.667. The fourth-order valence-corrected chi connectivity index (χ4v) is 2.81. The van der Waals surface area contributed by atoms with E-state index in [0.29, 0.717) is 12.3 Å². The van der Waals surface area contributed by atoms with Gasteiger partial charge in [-0.3, -0.25) is 4.79 Å². The van der Waals surface area contributed by atoms with E-state index in [1.165, 1.54) is 0 Å². The molecule has 19 heavy (non-hydrogen) atoms. The number of hydrogen-bond donors (Lipinski definition) is 2. The van der Waals surface area contributed by atoms with Crippen molar-refractivity contribution in [3.8, 4) is 0 Å². The van der Waals surface area contributed by atoms with Gasteiger partial charge >= 0.3 is 0 Å². The molecule has 1 aliphatic rings. The summed E-state index contributed by atoms with van der Waals surface area (Å²) in [6.07, 6.45) is 2.85. The SMILES string of the molecule is Cc1cc(C(C)NC(=O)CC2CCNCC2)c(C)o1. The zero-order valence-electron chi connectivity index (χ0n) is 12.1. The lowest BCUT2D eigenvalue weighted by Gasteiger charge is -2.23. The van der Waals surface area contributed by atoms with Gasteiger partial charge in [0.1, 0.15) is 11.5 Å². The molecule has 0 radical (unpaired) electrons. The Hall–Kier alpha value is -1.29. The molecule has 1 aromatic rings. The highest BCUT2D eigenvalue weighted by molar-refractivity contribution is 5.76. The van der Waals surface area contributed by atoms with Crippen LogP contribution in [0.5, 0.6) is 0 Å². The number of rotatable bonds is 4. The summed E-state index contributed by atoms with van der Waals surface area (Å²) in [5.74, 6) is 2.47. The Kier molecular flexibility index (Phi) is 4.64. The molecule has 1 aliphatic heterocycles. The van der Waals surface area contributed by atoms with E-state index in [9.17, 15) is 4.79 Å². The van der Waals surface area contributed by atoms with Gasteiger partial charge < -0.3 is 15.1 Å². The van der Waals surface area contributed by atoms with Crippen LogP contribution in [-0.4, -0.2) is 19.0 Å². The molecule has 1 fully saturated rings. The van der Waals surface area contributed by atoms with E-state index in [2.05, 4.69) is 10.6 Å². The third-order valence-corrected chi connectivity index (χ3v) is 3.86. The van der Waals surface area contributed by atoms with Gasteiger partial charge in [-0.2, -0.15) is 0 Å². The van der Waals surface area contributed by atoms with Gasteiger partial charge in [-0.1, -0.05) is 0 Å². The van der Waals surface area contributed by atoms with Gasteiger partial charge in [0.2, 0.25) is 5.91 Å². The zero-order valence-corrected chi connectivity index (χ0v) is 12.1. The molecule has 0 aromatic carbocycles. The Morgan fingerprint density at radius 3 is 2.74 bits per heavy atom. The molecule has 1 unspecified atom stereocenters. The first-order valence-electron chi connectivity index (χ1n) is 7.13. The smallest absolute Gasteiger partial charge is 0.220 e. The van der Waals surface area contributed by atoms with Gasteiger partial charge in [0.15, 0.2) is 0 Å². The molecule has 0 bridgehead atoms. The van der Waals surface area contributed by atoms with Crippen LogP contribution in [0, 0.1) is 19.8 Å². The summed E-state index contributed by atoms with van der Waals surface area (Å²) in [6.45, 7) is 7.95. The van der Waals surface area contributed by atoms with Gasteiger partial charge in [0.05, 0.1) is 6.04 Å². The van der Waals surface area contributed by atoms with Crippen LogP contribution >= 0.6 is 0 Å². The number of furan rings is 1. The minimum atomic E-state index is 0.0201. The lowest BCUT2D eigenvalue weighted by atomic mass is 9.94. The van der Waals surface area contributed by atoms with Crippen LogP contribution < -0.4 is 10.6 Å². The summed E-state index contributed by atoms with van der Waals surface area (Å²) in [4.78, 5) is 12.1. The topological polar surface area (TPSA) is 54.3 Å². The van der Waals surface area contributed by atoms with Crippen LogP contribution in [0.4, 0.5) is 0 Å². The summed E-state index contributed by atoms with van der Waals surface area (Å²) in [7, 11) is 0. The Morgan fingerprint density at radius 1 is 1.47 bits per heavy atom. The van der Waals surface area contributed by atoms with Gasteiger partial charge in [-0.05, 0) is 58.7 Å². The van der Waals surface area contributed by atoms with Crippen molar-refractivity contribution < 1.29 is 9.21 Å². The predicted molar refractivity (Wildman–Crippen MR) is 75.0 cm³/mol. The van der Waals surface area contributed by atoms with Crippen molar-refractivity contribution >= 4 is 5.91 Å². The van der Waals surface area contributed by atoms with Crippen LogP contribution in [0.25, 0.3) is 0 Å². The van der Waals surface area contributed by atoms with Crippen LogP contribution in [0.2, 0.25) is 0 Å². The number of nitrogens with one attached hydrogen (secondary N) is 2. The molecular formula is C15H24N2O2. The molecule has 1 saturated heterocycles. The second-order valence-corrected chi connectivity index (χ2v) is 5.56. The molecule has 0 saturated carbocycles. The first-order chi connectivity index (χ1) is 9.06. The van der Waals surface area contributed by atoms with E-state index in [0.717, 1.165) is 43.0 Å². The molecular weight excluding hydrogens is 240 g/mol. The van der Waals surface area contributed by atoms with Crippen molar-refractivity contribution in [2.24, 2.45) is 5.92 Å². The molecule has 1 amide bonds.